The summed E-state index contributed by atoms with van der Waals surface area (Å²) in [6, 6.07) is 0. The van der Waals surface area contributed by atoms with Crippen molar-refractivity contribution in [3.05, 3.63) is 0 Å². The average Bonchev–Trinajstić information content (AvgIpc) is 2.06. The van der Waals surface area contributed by atoms with Gasteiger partial charge in [0.15, 0.2) is 0 Å². The molecule has 0 aromatic heterocycles. The highest BCUT2D eigenvalue weighted by atomic mass is 16.1. The second-order valence-corrected chi connectivity index (χ2v) is 3.76. The minimum Gasteiger partial charge on any atom is -0.291 e. The molecule has 11 heavy (non-hydrogen) atoms. The summed E-state index contributed by atoms with van der Waals surface area (Å²) in [5, 5.41) is 0. The summed E-state index contributed by atoms with van der Waals surface area (Å²) in [4.78, 5) is 10.3. The van der Waals surface area contributed by atoms with Gasteiger partial charge in [0.2, 0.25) is 6.29 Å². The molecule has 0 spiro atoms. The Bertz CT molecular complexity index is 114. The van der Waals surface area contributed by atoms with E-state index in [1.807, 2.05) is 6.92 Å². The van der Waals surface area contributed by atoms with Crippen molar-refractivity contribution in [2.75, 3.05) is 0 Å². The van der Waals surface area contributed by atoms with Crippen molar-refractivity contribution < 1.29 is 4.79 Å². The van der Waals surface area contributed by atoms with Crippen LogP contribution in [0.2, 0.25) is 0 Å². The SMILES string of the molecule is C[C@@H]([C]=O)CC1CCCCC1. The van der Waals surface area contributed by atoms with Gasteiger partial charge in [0.1, 0.15) is 0 Å². The van der Waals surface area contributed by atoms with Crippen LogP contribution < -0.4 is 0 Å². The highest BCUT2D eigenvalue weighted by molar-refractivity contribution is 5.53. The molecule has 1 radical (unpaired) electrons. The highest BCUT2D eigenvalue weighted by Crippen LogP contribution is 2.28. The molecular weight excluding hydrogens is 136 g/mol. The lowest BCUT2D eigenvalue weighted by atomic mass is 9.84. The molecule has 0 amide bonds. The molecule has 0 saturated heterocycles. The minimum absolute atomic E-state index is 0.165. The van der Waals surface area contributed by atoms with E-state index in [2.05, 4.69) is 6.29 Å². The van der Waals surface area contributed by atoms with E-state index < -0.39 is 0 Å². The van der Waals surface area contributed by atoms with Gasteiger partial charge in [0.05, 0.1) is 0 Å². The van der Waals surface area contributed by atoms with Gasteiger partial charge in [0.25, 0.3) is 0 Å². The zero-order valence-corrected chi connectivity index (χ0v) is 7.31. The summed E-state index contributed by atoms with van der Waals surface area (Å²) in [7, 11) is 0. The van der Waals surface area contributed by atoms with E-state index in [1.54, 1.807) is 0 Å². The molecule has 0 N–H and O–H groups in total. The van der Waals surface area contributed by atoms with Gasteiger partial charge >= 0.3 is 0 Å². The smallest absolute Gasteiger partial charge is 0.201 e. The van der Waals surface area contributed by atoms with E-state index in [4.69, 9.17) is 0 Å². The Balaban J connectivity index is 2.18. The second kappa shape index (κ2) is 4.53. The molecule has 1 fully saturated rings. The van der Waals surface area contributed by atoms with Gasteiger partial charge in [-0.15, -0.1) is 0 Å². The van der Waals surface area contributed by atoms with Crippen LogP contribution in [0.15, 0.2) is 0 Å². The van der Waals surface area contributed by atoms with E-state index >= 15 is 0 Å². The van der Waals surface area contributed by atoms with Gasteiger partial charge in [-0.25, -0.2) is 0 Å². The predicted molar refractivity (Wildman–Crippen MR) is 46.0 cm³/mol. The number of hydrogen-bond donors (Lipinski definition) is 0. The molecular formula is C10H17O. The van der Waals surface area contributed by atoms with Crippen LogP contribution in [0.25, 0.3) is 0 Å². The predicted octanol–water partition coefficient (Wildman–Crippen LogP) is 2.70. The van der Waals surface area contributed by atoms with Crippen molar-refractivity contribution >= 4 is 6.29 Å². The van der Waals surface area contributed by atoms with Crippen molar-refractivity contribution in [2.24, 2.45) is 11.8 Å². The quantitative estimate of drug-likeness (QED) is 0.609. The fourth-order valence-electron chi connectivity index (χ4n) is 1.97. The van der Waals surface area contributed by atoms with Crippen molar-refractivity contribution in [1.29, 1.82) is 0 Å². The Kier molecular flexibility index (Phi) is 3.61. The van der Waals surface area contributed by atoms with E-state index in [-0.39, 0.29) is 5.92 Å². The molecule has 0 bridgehead atoms. The number of hydrogen-bond acceptors (Lipinski definition) is 1. The van der Waals surface area contributed by atoms with Gasteiger partial charge in [-0.05, 0) is 12.3 Å². The van der Waals surface area contributed by atoms with Crippen LogP contribution in [0, 0.1) is 11.8 Å². The van der Waals surface area contributed by atoms with E-state index in [9.17, 15) is 4.79 Å². The molecule has 0 heterocycles. The minimum atomic E-state index is 0.165. The van der Waals surface area contributed by atoms with E-state index in [1.165, 1.54) is 32.1 Å². The maximum absolute atomic E-state index is 10.3. The van der Waals surface area contributed by atoms with Crippen molar-refractivity contribution in [3.8, 4) is 0 Å². The van der Waals surface area contributed by atoms with E-state index in [0.29, 0.717) is 0 Å². The molecule has 1 aliphatic carbocycles. The van der Waals surface area contributed by atoms with Crippen LogP contribution in [0.4, 0.5) is 0 Å². The van der Waals surface area contributed by atoms with Crippen LogP contribution in [0.1, 0.15) is 45.4 Å². The topological polar surface area (TPSA) is 17.1 Å². The van der Waals surface area contributed by atoms with Gasteiger partial charge in [-0.3, -0.25) is 4.79 Å². The lowest BCUT2D eigenvalue weighted by molar-refractivity contribution is 0.317. The maximum atomic E-state index is 10.3. The van der Waals surface area contributed by atoms with Crippen molar-refractivity contribution in [2.45, 2.75) is 45.4 Å². The zero-order valence-electron chi connectivity index (χ0n) is 7.31. The normalized spacial score (nSPS) is 23.0. The Morgan fingerprint density at radius 1 is 1.36 bits per heavy atom. The van der Waals surface area contributed by atoms with Crippen molar-refractivity contribution in [3.63, 3.8) is 0 Å². The Labute approximate surface area is 69.2 Å². The summed E-state index contributed by atoms with van der Waals surface area (Å²) < 4.78 is 0. The molecule has 63 valence electrons. The molecule has 0 aliphatic heterocycles. The molecule has 1 aliphatic rings. The molecule has 0 aromatic rings. The first kappa shape index (κ1) is 8.76. The molecule has 1 saturated carbocycles. The molecule has 1 rings (SSSR count). The molecule has 1 nitrogen and oxygen atoms in total. The summed E-state index contributed by atoms with van der Waals surface area (Å²) in [6.45, 7) is 1.97. The average molecular weight is 153 g/mol. The second-order valence-electron chi connectivity index (χ2n) is 3.76. The largest absolute Gasteiger partial charge is 0.291 e. The summed E-state index contributed by atoms with van der Waals surface area (Å²) in [5.74, 6) is 0.985. The Morgan fingerprint density at radius 3 is 2.55 bits per heavy atom. The van der Waals surface area contributed by atoms with Gasteiger partial charge < -0.3 is 0 Å². The van der Waals surface area contributed by atoms with Crippen LogP contribution >= 0.6 is 0 Å². The van der Waals surface area contributed by atoms with Gasteiger partial charge in [-0.1, -0.05) is 39.0 Å². The molecule has 0 aromatic carbocycles. The molecule has 0 unspecified atom stereocenters. The Morgan fingerprint density at radius 2 is 2.00 bits per heavy atom. The standard InChI is InChI=1S/C10H17O/c1-9(8-11)7-10-5-3-2-4-6-10/h9-10H,2-7H2,1H3/t9-/m1/s1. The van der Waals surface area contributed by atoms with Crippen LogP contribution in [0.5, 0.6) is 0 Å². The first-order valence-corrected chi connectivity index (χ1v) is 4.70. The lowest BCUT2D eigenvalue weighted by Gasteiger charge is -2.22. The van der Waals surface area contributed by atoms with Crippen molar-refractivity contribution in [1.82, 2.24) is 0 Å². The van der Waals surface area contributed by atoms with Gasteiger partial charge in [0, 0.05) is 5.92 Å². The van der Waals surface area contributed by atoms with Gasteiger partial charge in [-0.2, -0.15) is 0 Å². The lowest BCUT2D eigenvalue weighted by Crippen LogP contribution is -2.10. The summed E-state index contributed by atoms with van der Waals surface area (Å²) in [6.07, 6.45) is 9.95. The fourth-order valence-corrected chi connectivity index (χ4v) is 1.97. The first-order chi connectivity index (χ1) is 5.33. The number of rotatable bonds is 3. The third kappa shape index (κ3) is 3.04. The summed E-state index contributed by atoms with van der Waals surface area (Å²) >= 11 is 0. The molecule has 1 atom stereocenters. The molecule has 1 heteroatoms. The zero-order chi connectivity index (χ0) is 8.10. The highest BCUT2D eigenvalue weighted by Gasteiger charge is 2.15. The van der Waals surface area contributed by atoms with Crippen LogP contribution in [-0.4, -0.2) is 6.29 Å². The monoisotopic (exact) mass is 153 g/mol. The fraction of sp³-hybridized carbons (Fsp3) is 0.900. The maximum Gasteiger partial charge on any atom is 0.201 e. The number of carbonyl (C=O) groups excluding carboxylic acids is 1. The van der Waals surface area contributed by atoms with Crippen LogP contribution in [-0.2, 0) is 4.79 Å². The third-order valence-corrected chi connectivity index (χ3v) is 2.61. The summed E-state index contributed by atoms with van der Waals surface area (Å²) in [5.41, 5.74) is 0. The van der Waals surface area contributed by atoms with Crippen LogP contribution in [0.3, 0.4) is 0 Å². The van der Waals surface area contributed by atoms with E-state index in [0.717, 1.165) is 12.3 Å². The Hall–Kier alpha value is -0.330. The first-order valence-electron chi connectivity index (χ1n) is 4.70. The third-order valence-electron chi connectivity index (χ3n) is 2.61.